The third kappa shape index (κ3) is 6.59. The van der Waals surface area contributed by atoms with Crippen molar-refractivity contribution in [3.8, 4) is 0 Å². The first-order valence-electron chi connectivity index (χ1n) is 8.01. The Morgan fingerprint density at radius 1 is 0.857 bits per heavy atom. The molecular formula is C15H36N6. The van der Waals surface area contributed by atoms with Gasteiger partial charge in [0, 0.05) is 32.8 Å². The minimum absolute atomic E-state index is 0.107. The van der Waals surface area contributed by atoms with Crippen molar-refractivity contribution in [3.63, 3.8) is 0 Å². The number of nitrogens with zero attached hydrogens (tertiary/aromatic N) is 4. The minimum Gasteiger partial charge on any atom is -0.309 e. The fourth-order valence-electron chi connectivity index (χ4n) is 2.73. The van der Waals surface area contributed by atoms with Gasteiger partial charge in [0.2, 0.25) is 0 Å². The van der Waals surface area contributed by atoms with Gasteiger partial charge in [0.1, 0.15) is 0 Å². The van der Waals surface area contributed by atoms with E-state index in [2.05, 4.69) is 72.5 Å². The summed E-state index contributed by atoms with van der Waals surface area (Å²) in [5, 5.41) is 7.22. The summed E-state index contributed by atoms with van der Waals surface area (Å²) in [5.74, 6) is 0. The SMILES string of the molecule is CN(C)CCN1CNCNC1(CCN(C)C)CCN(C)C. The molecule has 0 unspecified atom stereocenters. The molecule has 0 radical (unpaired) electrons. The third-order valence-corrected chi connectivity index (χ3v) is 4.21. The van der Waals surface area contributed by atoms with E-state index in [1.165, 1.54) is 0 Å². The van der Waals surface area contributed by atoms with E-state index in [-0.39, 0.29) is 5.66 Å². The van der Waals surface area contributed by atoms with Crippen LogP contribution >= 0.6 is 0 Å². The van der Waals surface area contributed by atoms with Crippen LogP contribution in [-0.2, 0) is 0 Å². The van der Waals surface area contributed by atoms with Crippen LogP contribution in [0.2, 0.25) is 0 Å². The van der Waals surface area contributed by atoms with Crippen molar-refractivity contribution in [2.45, 2.75) is 18.5 Å². The molecule has 0 aromatic heterocycles. The molecule has 2 N–H and O–H groups in total. The van der Waals surface area contributed by atoms with Gasteiger partial charge in [-0.25, -0.2) is 0 Å². The van der Waals surface area contributed by atoms with Gasteiger partial charge < -0.3 is 14.7 Å². The van der Waals surface area contributed by atoms with Crippen molar-refractivity contribution in [2.75, 3.05) is 81.8 Å². The van der Waals surface area contributed by atoms with Gasteiger partial charge in [-0.1, -0.05) is 0 Å². The number of nitrogens with one attached hydrogen (secondary N) is 2. The topological polar surface area (TPSA) is 37.0 Å². The van der Waals surface area contributed by atoms with Crippen molar-refractivity contribution in [1.82, 2.24) is 30.2 Å². The number of likely N-dealkylation sites (N-methyl/N-ethyl adjacent to an activating group) is 1. The molecule has 0 amide bonds. The zero-order chi connectivity index (χ0) is 15.9. The van der Waals surface area contributed by atoms with Crippen molar-refractivity contribution in [3.05, 3.63) is 0 Å². The summed E-state index contributed by atoms with van der Waals surface area (Å²) in [6.45, 7) is 6.28. The molecule has 1 aliphatic heterocycles. The van der Waals surface area contributed by atoms with Gasteiger partial charge in [0.05, 0.1) is 12.3 Å². The van der Waals surface area contributed by atoms with E-state index in [0.29, 0.717) is 0 Å². The average molecular weight is 300 g/mol. The largest absolute Gasteiger partial charge is 0.309 e. The zero-order valence-electron chi connectivity index (χ0n) is 14.9. The molecule has 1 rings (SSSR count). The van der Waals surface area contributed by atoms with Gasteiger partial charge in [-0.15, -0.1) is 0 Å². The lowest BCUT2D eigenvalue weighted by molar-refractivity contribution is -0.0128. The highest BCUT2D eigenvalue weighted by molar-refractivity contribution is 4.92. The lowest BCUT2D eigenvalue weighted by Gasteiger charge is -2.49. The monoisotopic (exact) mass is 300 g/mol. The van der Waals surface area contributed by atoms with Gasteiger partial charge >= 0.3 is 0 Å². The Kier molecular flexibility index (Phi) is 8.08. The van der Waals surface area contributed by atoms with E-state index < -0.39 is 0 Å². The fraction of sp³-hybridized carbons (Fsp3) is 1.00. The Morgan fingerprint density at radius 2 is 1.38 bits per heavy atom. The van der Waals surface area contributed by atoms with Gasteiger partial charge in [-0.2, -0.15) is 0 Å². The third-order valence-electron chi connectivity index (χ3n) is 4.21. The normalized spacial score (nSPS) is 19.9. The number of hydrogen-bond donors (Lipinski definition) is 2. The average Bonchev–Trinajstić information content (AvgIpc) is 2.41. The Balaban J connectivity index is 2.75. The summed E-state index contributed by atoms with van der Waals surface area (Å²) in [5.41, 5.74) is 0.107. The second-order valence-corrected chi connectivity index (χ2v) is 6.97. The predicted octanol–water partition coefficient (Wildman–Crippen LogP) is -0.442. The molecule has 1 heterocycles. The molecule has 0 aromatic rings. The fourth-order valence-corrected chi connectivity index (χ4v) is 2.73. The quantitative estimate of drug-likeness (QED) is 0.601. The summed E-state index contributed by atoms with van der Waals surface area (Å²) in [6, 6.07) is 0. The summed E-state index contributed by atoms with van der Waals surface area (Å²) in [4.78, 5) is 9.41. The molecule has 1 fully saturated rings. The summed E-state index contributed by atoms with van der Waals surface area (Å²) < 4.78 is 0. The van der Waals surface area contributed by atoms with E-state index in [9.17, 15) is 0 Å². The van der Waals surface area contributed by atoms with Crippen molar-refractivity contribution >= 4 is 0 Å². The van der Waals surface area contributed by atoms with Crippen LogP contribution in [-0.4, -0.2) is 107 Å². The molecule has 0 aliphatic carbocycles. The molecule has 6 heteroatoms. The Morgan fingerprint density at radius 3 is 1.86 bits per heavy atom. The maximum Gasteiger partial charge on any atom is 0.0757 e. The summed E-state index contributed by atoms with van der Waals surface area (Å²) in [6.07, 6.45) is 2.31. The predicted molar refractivity (Wildman–Crippen MR) is 90.3 cm³/mol. The maximum absolute atomic E-state index is 3.76. The molecule has 0 aromatic carbocycles. The van der Waals surface area contributed by atoms with Crippen LogP contribution in [0.4, 0.5) is 0 Å². The van der Waals surface area contributed by atoms with Crippen LogP contribution in [0.1, 0.15) is 12.8 Å². The molecule has 6 nitrogen and oxygen atoms in total. The van der Waals surface area contributed by atoms with E-state index >= 15 is 0 Å². The van der Waals surface area contributed by atoms with E-state index in [1.54, 1.807) is 0 Å². The second kappa shape index (κ2) is 9.02. The molecule has 0 spiro atoms. The lowest BCUT2D eigenvalue weighted by Crippen LogP contribution is -2.69. The van der Waals surface area contributed by atoms with E-state index in [1.807, 2.05) is 0 Å². The van der Waals surface area contributed by atoms with Crippen LogP contribution in [0.15, 0.2) is 0 Å². The molecular weight excluding hydrogens is 264 g/mol. The van der Waals surface area contributed by atoms with Gasteiger partial charge in [-0.05, 0) is 55.1 Å². The summed E-state index contributed by atoms with van der Waals surface area (Å²) in [7, 11) is 12.9. The van der Waals surface area contributed by atoms with Crippen LogP contribution < -0.4 is 10.6 Å². The maximum atomic E-state index is 3.76. The highest BCUT2D eigenvalue weighted by Gasteiger charge is 2.37. The van der Waals surface area contributed by atoms with Crippen LogP contribution in [0.5, 0.6) is 0 Å². The standard InChI is InChI=1S/C15H36N6/c1-18(2)9-7-15(8-10-19(3)4)17-13-16-14-21(15)12-11-20(5)6/h16-17H,7-14H2,1-6H3. The van der Waals surface area contributed by atoms with Crippen molar-refractivity contribution < 1.29 is 0 Å². The molecule has 0 saturated carbocycles. The highest BCUT2D eigenvalue weighted by Crippen LogP contribution is 2.23. The first-order valence-corrected chi connectivity index (χ1v) is 8.01. The molecule has 0 atom stereocenters. The van der Waals surface area contributed by atoms with Gasteiger partial charge in [-0.3, -0.25) is 15.5 Å². The second-order valence-electron chi connectivity index (χ2n) is 6.97. The lowest BCUT2D eigenvalue weighted by atomic mass is 9.97. The smallest absolute Gasteiger partial charge is 0.0757 e. The number of hydrogen-bond acceptors (Lipinski definition) is 6. The first kappa shape index (κ1) is 18.8. The molecule has 1 saturated heterocycles. The molecule has 21 heavy (non-hydrogen) atoms. The highest BCUT2D eigenvalue weighted by atomic mass is 15.4. The van der Waals surface area contributed by atoms with Crippen LogP contribution in [0, 0.1) is 0 Å². The van der Waals surface area contributed by atoms with Crippen molar-refractivity contribution in [1.29, 1.82) is 0 Å². The minimum atomic E-state index is 0.107. The molecule has 0 bridgehead atoms. The number of rotatable bonds is 9. The first-order chi connectivity index (χ1) is 9.85. The van der Waals surface area contributed by atoms with Crippen molar-refractivity contribution in [2.24, 2.45) is 0 Å². The Bertz CT molecular complexity index is 267. The Hall–Kier alpha value is -0.240. The Labute approximate surface area is 131 Å². The van der Waals surface area contributed by atoms with E-state index in [0.717, 1.165) is 52.4 Å². The van der Waals surface area contributed by atoms with Gasteiger partial charge in [0.15, 0.2) is 0 Å². The summed E-state index contributed by atoms with van der Waals surface area (Å²) >= 11 is 0. The van der Waals surface area contributed by atoms with E-state index in [4.69, 9.17) is 0 Å². The van der Waals surface area contributed by atoms with Gasteiger partial charge in [0.25, 0.3) is 0 Å². The van der Waals surface area contributed by atoms with Crippen LogP contribution in [0.25, 0.3) is 0 Å². The molecule has 126 valence electrons. The van der Waals surface area contributed by atoms with Crippen LogP contribution in [0.3, 0.4) is 0 Å². The molecule has 1 aliphatic rings. The zero-order valence-corrected chi connectivity index (χ0v) is 14.9.